The van der Waals surface area contributed by atoms with Crippen molar-refractivity contribution in [3.05, 3.63) is 10.6 Å². The number of rotatable bonds is 4. The first-order chi connectivity index (χ1) is 9.32. The Balaban J connectivity index is 2.28. The highest BCUT2D eigenvalue weighted by Gasteiger charge is 2.30. The first-order valence-electron chi connectivity index (χ1n) is 7.21. The van der Waals surface area contributed by atoms with Gasteiger partial charge in [-0.2, -0.15) is 0 Å². The van der Waals surface area contributed by atoms with Crippen LogP contribution in [-0.4, -0.2) is 49.4 Å². The molecule has 2 heterocycles. The molecule has 0 saturated carbocycles. The van der Waals surface area contributed by atoms with E-state index >= 15 is 0 Å². The van der Waals surface area contributed by atoms with Crippen molar-refractivity contribution in [2.45, 2.75) is 45.1 Å². The van der Waals surface area contributed by atoms with Crippen LogP contribution in [0.5, 0.6) is 0 Å². The van der Waals surface area contributed by atoms with Crippen LogP contribution in [0, 0.1) is 0 Å². The van der Waals surface area contributed by atoms with Crippen LogP contribution in [0.25, 0.3) is 0 Å². The number of hydrogen-bond donors (Lipinski definition) is 0. The van der Waals surface area contributed by atoms with Crippen LogP contribution >= 0.6 is 11.3 Å². The fourth-order valence-electron chi connectivity index (χ4n) is 2.76. The third-order valence-electron chi connectivity index (χ3n) is 3.66. The molecular formula is C15H25N3OS. The fourth-order valence-corrected chi connectivity index (χ4v) is 3.95. The second-order valence-corrected chi connectivity index (χ2v) is 7.84. The van der Waals surface area contributed by atoms with Gasteiger partial charge < -0.3 is 9.80 Å². The molecule has 0 bridgehead atoms. The van der Waals surface area contributed by atoms with Crippen LogP contribution in [0.1, 0.15) is 49.0 Å². The highest BCUT2D eigenvalue weighted by atomic mass is 32.1. The minimum atomic E-state index is -0.0816. The molecular weight excluding hydrogens is 270 g/mol. The Morgan fingerprint density at radius 2 is 2.15 bits per heavy atom. The van der Waals surface area contributed by atoms with Gasteiger partial charge in [0, 0.05) is 24.5 Å². The van der Waals surface area contributed by atoms with Crippen LogP contribution in [-0.2, 0) is 5.41 Å². The molecule has 1 aliphatic rings. The smallest absolute Gasteiger partial charge is 0.186 e. The number of nitrogens with zero attached hydrogens (tertiary/aromatic N) is 3. The molecule has 20 heavy (non-hydrogen) atoms. The molecule has 1 aromatic rings. The normalized spacial score (nSPS) is 19.9. The molecule has 0 aliphatic carbocycles. The zero-order valence-electron chi connectivity index (χ0n) is 13.1. The predicted octanol–water partition coefficient (Wildman–Crippen LogP) is 2.78. The Kier molecular flexibility index (Phi) is 4.49. The van der Waals surface area contributed by atoms with Gasteiger partial charge in [-0.3, -0.25) is 4.79 Å². The molecule has 0 radical (unpaired) electrons. The van der Waals surface area contributed by atoms with Crippen molar-refractivity contribution in [3.63, 3.8) is 0 Å². The SMILES string of the molecule is CN(C)CC1CCCN1c1nc(C(C)(C)C)c(C=O)s1. The molecule has 1 fully saturated rings. The second-order valence-electron chi connectivity index (χ2n) is 6.83. The van der Waals surface area contributed by atoms with Gasteiger partial charge >= 0.3 is 0 Å². The lowest BCUT2D eigenvalue weighted by Crippen LogP contribution is -2.37. The van der Waals surface area contributed by atoms with Crippen molar-refractivity contribution in [1.82, 2.24) is 9.88 Å². The summed E-state index contributed by atoms with van der Waals surface area (Å²) in [6.07, 6.45) is 3.37. The molecule has 2 rings (SSSR count). The highest BCUT2D eigenvalue weighted by molar-refractivity contribution is 7.17. The molecule has 1 saturated heterocycles. The van der Waals surface area contributed by atoms with Crippen molar-refractivity contribution in [1.29, 1.82) is 0 Å². The minimum Gasteiger partial charge on any atom is -0.344 e. The summed E-state index contributed by atoms with van der Waals surface area (Å²) in [6.45, 7) is 8.43. The number of anilines is 1. The monoisotopic (exact) mass is 295 g/mol. The summed E-state index contributed by atoms with van der Waals surface area (Å²) < 4.78 is 0. The Morgan fingerprint density at radius 1 is 1.45 bits per heavy atom. The summed E-state index contributed by atoms with van der Waals surface area (Å²) in [4.78, 5) is 21.5. The van der Waals surface area contributed by atoms with E-state index in [1.165, 1.54) is 12.8 Å². The van der Waals surface area contributed by atoms with Gasteiger partial charge in [-0.15, -0.1) is 0 Å². The summed E-state index contributed by atoms with van der Waals surface area (Å²) in [5.74, 6) is 0. The highest BCUT2D eigenvalue weighted by Crippen LogP contribution is 2.35. The average Bonchev–Trinajstić information content (AvgIpc) is 2.92. The summed E-state index contributed by atoms with van der Waals surface area (Å²) in [5.41, 5.74) is 0.852. The summed E-state index contributed by atoms with van der Waals surface area (Å²) in [5, 5.41) is 1.02. The number of carbonyl (C=O) groups excluding carboxylic acids is 1. The van der Waals surface area contributed by atoms with Crippen molar-refractivity contribution in [2.75, 3.05) is 32.1 Å². The van der Waals surface area contributed by atoms with Crippen LogP contribution in [0.15, 0.2) is 0 Å². The molecule has 0 spiro atoms. The van der Waals surface area contributed by atoms with Gasteiger partial charge in [0.15, 0.2) is 11.4 Å². The Bertz CT molecular complexity index is 476. The third kappa shape index (κ3) is 3.20. The van der Waals surface area contributed by atoms with Gasteiger partial charge in [-0.05, 0) is 26.9 Å². The Hall–Kier alpha value is -0.940. The largest absolute Gasteiger partial charge is 0.344 e. The van der Waals surface area contributed by atoms with Gasteiger partial charge in [0.2, 0.25) is 0 Å². The molecule has 0 amide bonds. The van der Waals surface area contributed by atoms with Gasteiger partial charge in [-0.25, -0.2) is 4.98 Å². The van der Waals surface area contributed by atoms with Crippen LogP contribution in [0.4, 0.5) is 5.13 Å². The van der Waals surface area contributed by atoms with Crippen LogP contribution in [0.3, 0.4) is 0 Å². The summed E-state index contributed by atoms with van der Waals surface area (Å²) in [7, 11) is 4.21. The number of aldehydes is 1. The maximum absolute atomic E-state index is 11.3. The van der Waals surface area contributed by atoms with Crippen LogP contribution in [0.2, 0.25) is 0 Å². The van der Waals surface area contributed by atoms with E-state index in [4.69, 9.17) is 4.98 Å². The number of likely N-dealkylation sites (N-methyl/N-ethyl adjacent to an activating group) is 1. The molecule has 4 nitrogen and oxygen atoms in total. The van der Waals surface area contributed by atoms with Crippen molar-refractivity contribution in [3.8, 4) is 0 Å². The van der Waals surface area contributed by atoms with Crippen LogP contribution < -0.4 is 4.90 Å². The quantitative estimate of drug-likeness (QED) is 0.800. The van der Waals surface area contributed by atoms with E-state index in [9.17, 15) is 4.79 Å². The van der Waals surface area contributed by atoms with Gasteiger partial charge in [0.05, 0.1) is 10.6 Å². The number of aromatic nitrogens is 1. The first kappa shape index (κ1) is 15.4. The predicted molar refractivity (Wildman–Crippen MR) is 85.1 cm³/mol. The topological polar surface area (TPSA) is 36.4 Å². The number of thiazole rings is 1. The molecule has 1 atom stereocenters. The number of hydrogen-bond acceptors (Lipinski definition) is 5. The van der Waals surface area contributed by atoms with E-state index < -0.39 is 0 Å². The Labute approximate surface area is 125 Å². The van der Waals surface area contributed by atoms with E-state index in [0.717, 1.165) is 35.1 Å². The zero-order chi connectivity index (χ0) is 14.9. The van der Waals surface area contributed by atoms with E-state index in [1.54, 1.807) is 11.3 Å². The molecule has 0 aromatic carbocycles. The van der Waals surface area contributed by atoms with E-state index in [-0.39, 0.29) is 5.41 Å². The van der Waals surface area contributed by atoms with Crippen molar-refractivity contribution >= 4 is 22.8 Å². The summed E-state index contributed by atoms with van der Waals surface area (Å²) in [6, 6.07) is 0.517. The fraction of sp³-hybridized carbons (Fsp3) is 0.733. The zero-order valence-corrected chi connectivity index (χ0v) is 14.0. The van der Waals surface area contributed by atoms with Gasteiger partial charge in [0.1, 0.15) is 0 Å². The lowest BCUT2D eigenvalue weighted by molar-refractivity contribution is 0.112. The minimum absolute atomic E-state index is 0.0816. The van der Waals surface area contributed by atoms with Crippen molar-refractivity contribution in [2.24, 2.45) is 0 Å². The maximum atomic E-state index is 11.3. The third-order valence-corrected chi connectivity index (χ3v) is 4.68. The lowest BCUT2D eigenvalue weighted by Gasteiger charge is -2.26. The number of carbonyl (C=O) groups is 1. The van der Waals surface area contributed by atoms with Gasteiger partial charge in [-0.1, -0.05) is 32.1 Å². The molecule has 1 unspecified atom stereocenters. The van der Waals surface area contributed by atoms with Gasteiger partial charge in [0.25, 0.3) is 0 Å². The molecule has 1 aliphatic heterocycles. The molecule has 0 N–H and O–H groups in total. The maximum Gasteiger partial charge on any atom is 0.186 e. The van der Waals surface area contributed by atoms with E-state index in [2.05, 4.69) is 44.7 Å². The summed E-state index contributed by atoms with van der Waals surface area (Å²) >= 11 is 1.54. The molecule has 1 aromatic heterocycles. The lowest BCUT2D eigenvalue weighted by atomic mass is 9.91. The van der Waals surface area contributed by atoms with E-state index in [1.807, 2.05) is 0 Å². The average molecular weight is 295 g/mol. The van der Waals surface area contributed by atoms with Crippen molar-refractivity contribution < 1.29 is 4.79 Å². The van der Waals surface area contributed by atoms with E-state index in [0.29, 0.717) is 6.04 Å². The standard InChI is InChI=1S/C15H25N3OS/c1-15(2,3)13-12(10-19)20-14(16-13)18-8-6-7-11(18)9-17(4)5/h10-11H,6-9H2,1-5H3. The molecule has 112 valence electrons. The first-order valence-corrected chi connectivity index (χ1v) is 8.02. The second kappa shape index (κ2) is 5.82. The Morgan fingerprint density at radius 3 is 2.65 bits per heavy atom. The molecule has 5 heteroatoms.